The second-order valence-corrected chi connectivity index (χ2v) is 5.47. The van der Waals surface area contributed by atoms with E-state index in [-0.39, 0.29) is 6.61 Å². The lowest BCUT2D eigenvalue weighted by Gasteiger charge is -2.31. The van der Waals surface area contributed by atoms with Gasteiger partial charge in [0.25, 0.3) is 0 Å². The molecule has 0 spiro atoms. The Hall–Kier alpha value is -0.540. The molecule has 0 unspecified atom stereocenters. The average molecular weight is 284 g/mol. The fraction of sp³-hybridized carbons (Fsp3) is 0.538. The van der Waals surface area contributed by atoms with Gasteiger partial charge in [0.15, 0.2) is 0 Å². The summed E-state index contributed by atoms with van der Waals surface area (Å²) in [6.45, 7) is 1.23. The summed E-state index contributed by atoms with van der Waals surface area (Å²) in [4.78, 5) is 2.30. The minimum absolute atomic E-state index is 0.0905. The monoisotopic (exact) mass is 283 g/mol. The first kappa shape index (κ1) is 11.9. The van der Waals surface area contributed by atoms with Gasteiger partial charge in [-0.2, -0.15) is 0 Å². The van der Waals surface area contributed by atoms with Crippen molar-refractivity contribution in [1.29, 1.82) is 0 Å². The molecule has 0 amide bonds. The lowest BCUT2D eigenvalue weighted by molar-refractivity contribution is 0.281. The van der Waals surface area contributed by atoms with E-state index in [1.165, 1.54) is 24.9 Å². The van der Waals surface area contributed by atoms with E-state index in [9.17, 15) is 0 Å². The van der Waals surface area contributed by atoms with E-state index >= 15 is 0 Å². The van der Waals surface area contributed by atoms with Crippen molar-refractivity contribution >= 4 is 21.6 Å². The van der Waals surface area contributed by atoms with Gasteiger partial charge in [0.1, 0.15) is 0 Å². The normalized spacial score (nSPS) is 15.9. The first-order valence-corrected chi connectivity index (χ1v) is 6.60. The fourth-order valence-corrected chi connectivity index (χ4v) is 2.56. The molecule has 0 saturated heterocycles. The number of halogens is 1. The standard InChI is InChI=1S/C13H18BrNO/c1-15(8-10-3-2-4-10)12-6-5-11(9-16)13(14)7-12/h5-7,10,16H,2-4,8-9H2,1H3. The highest BCUT2D eigenvalue weighted by molar-refractivity contribution is 9.10. The highest BCUT2D eigenvalue weighted by atomic mass is 79.9. The van der Waals surface area contributed by atoms with Crippen molar-refractivity contribution in [3.8, 4) is 0 Å². The van der Waals surface area contributed by atoms with Crippen molar-refractivity contribution in [2.24, 2.45) is 5.92 Å². The van der Waals surface area contributed by atoms with Crippen LogP contribution in [0.25, 0.3) is 0 Å². The summed E-state index contributed by atoms with van der Waals surface area (Å²) >= 11 is 3.49. The predicted octanol–water partition coefficient (Wildman–Crippen LogP) is 3.18. The van der Waals surface area contributed by atoms with Crippen molar-refractivity contribution < 1.29 is 5.11 Å². The highest BCUT2D eigenvalue weighted by Crippen LogP contribution is 2.29. The lowest BCUT2D eigenvalue weighted by Crippen LogP contribution is -2.29. The molecule has 2 rings (SSSR count). The zero-order chi connectivity index (χ0) is 11.5. The van der Waals surface area contributed by atoms with Gasteiger partial charge in [-0.1, -0.05) is 28.4 Å². The molecule has 0 bridgehead atoms. The first-order chi connectivity index (χ1) is 7.70. The molecular formula is C13H18BrNO. The van der Waals surface area contributed by atoms with Crippen LogP contribution in [0.2, 0.25) is 0 Å². The third-order valence-electron chi connectivity index (χ3n) is 3.40. The molecule has 3 heteroatoms. The number of aliphatic hydroxyl groups is 1. The maximum absolute atomic E-state index is 9.10. The molecule has 1 N–H and O–H groups in total. The van der Waals surface area contributed by atoms with Gasteiger partial charge in [0.2, 0.25) is 0 Å². The van der Waals surface area contributed by atoms with Gasteiger partial charge < -0.3 is 10.0 Å². The smallest absolute Gasteiger partial charge is 0.0692 e. The van der Waals surface area contributed by atoms with Crippen molar-refractivity contribution in [2.75, 3.05) is 18.5 Å². The molecule has 1 fully saturated rings. The molecule has 1 aliphatic carbocycles. The van der Waals surface area contributed by atoms with E-state index in [1.54, 1.807) is 0 Å². The molecule has 0 aliphatic heterocycles. The second-order valence-electron chi connectivity index (χ2n) is 4.61. The molecular weight excluding hydrogens is 266 g/mol. The van der Waals surface area contributed by atoms with Crippen LogP contribution in [0.15, 0.2) is 22.7 Å². The van der Waals surface area contributed by atoms with Crippen LogP contribution < -0.4 is 4.90 Å². The van der Waals surface area contributed by atoms with Gasteiger partial charge in [-0.15, -0.1) is 0 Å². The van der Waals surface area contributed by atoms with E-state index in [2.05, 4.69) is 40.0 Å². The number of hydrogen-bond donors (Lipinski definition) is 1. The molecule has 0 radical (unpaired) electrons. The summed E-state index contributed by atoms with van der Waals surface area (Å²) < 4.78 is 0.993. The van der Waals surface area contributed by atoms with Crippen LogP contribution in [0.1, 0.15) is 24.8 Å². The van der Waals surface area contributed by atoms with Crippen molar-refractivity contribution in [3.05, 3.63) is 28.2 Å². The molecule has 2 nitrogen and oxygen atoms in total. The van der Waals surface area contributed by atoms with Crippen molar-refractivity contribution in [1.82, 2.24) is 0 Å². The Balaban J connectivity index is 2.04. The molecule has 0 aromatic heterocycles. The number of aliphatic hydroxyl groups excluding tert-OH is 1. The van der Waals surface area contributed by atoms with Crippen LogP contribution in [0.5, 0.6) is 0 Å². The maximum atomic E-state index is 9.10. The van der Waals surface area contributed by atoms with Gasteiger partial charge in [-0.3, -0.25) is 0 Å². The van der Waals surface area contributed by atoms with Gasteiger partial charge >= 0.3 is 0 Å². The zero-order valence-corrected chi connectivity index (χ0v) is 11.2. The van der Waals surface area contributed by atoms with Crippen LogP contribution in [0.4, 0.5) is 5.69 Å². The number of anilines is 1. The SMILES string of the molecule is CN(CC1CCC1)c1ccc(CO)c(Br)c1. The Labute approximate surface area is 105 Å². The third kappa shape index (κ3) is 2.58. The number of benzene rings is 1. The van der Waals surface area contributed by atoms with Crippen LogP contribution >= 0.6 is 15.9 Å². The molecule has 1 aliphatic rings. The number of rotatable bonds is 4. The van der Waals surface area contributed by atoms with E-state index in [0.29, 0.717) is 0 Å². The predicted molar refractivity (Wildman–Crippen MR) is 70.7 cm³/mol. The Bertz CT molecular complexity index is 363. The molecule has 1 aromatic carbocycles. The number of hydrogen-bond acceptors (Lipinski definition) is 2. The molecule has 1 aromatic rings. The molecule has 0 atom stereocenters. The van der Waals surface area contributed by atoms with Gasteiger partial charge in [-0.05, 0) is 36.5 Å². The topological polar surface area (TPSA) is 23.5 Å². The Morgan fingerprint density at radius 1 is 1.44 bits per heavy atom. The van der Waals surface area contributed by atoms with E-state index in [4.69, 9.17) is 5.11 Å². The summed E-state index contributed by atoms with van der Waals surface area (Å²) in [5, 5.41) is 9.10. The summed E-state index contributed by atoms with van der Waals surface area (Å²) in [5.41, 5.74) is 2.16. The van der Waals surface area contributed by atoms with Gasteiger partial charge in [0, 0.05) is 23.8 Å². The second kappa shape index (κ2) is 5.19. The maximum Gasteiger partial charge on any atom is 0.0692 e. The lowest BCUT2D eigenvalue weighted by atomic mass is 9.85. The third-order valence-corrected chi connectivity index (χ3v) is 4.14. The van der Waals surface area contributed by atoms with E-state index < -0.39 is 0 Å². The van der Waals surface area contributed by atoms with Gasteiger partial charge in [-0.25, -0.2) is 0 Å². The summed E-state index contributed by atoms with van der Waals surface area (Å²) in [6.07, 6.45) is 4.14. The summed E-state index contributed by atoms with van der Waals surface area (Å²) in [5.74, 6) is 0.876. The molecule has 88 valence electrons. The quantitative estimate of drug-likeness (QED) is 0.918. The molecule has 16 heavy (non-hydrogen) atoms. The first-order valence-electron chi connectivity index (χ1n) is 5.81. The Morgan fingerprint density at radius 2 is 2.19 bits per heavy atom. The Morgan fingerprint density at radius 3 is 2.69 bits per heavy atom. The molecule has 1 saturated carbocycles. The minimum Gasteiger partial charge on any atom is -0.392 e. The van der Waals surface area contributed by atoms with Crippen LogP contribution in [0, 0.1) is 5.92 Å². The van der Waals surface area contributed by atoms with Crippen LogP contribution in [0.3, 0.4) is 0 Å². The fourth-order valence-electron chi connectivity index (χ4n) is 2.07. The van der Waals surface area contributed by atoms with Crippen molar-refractivity contribution in [2.45, 2.75) is 25.9 Å². The van der Waals surface area contributed by atoms with E-state index in [1.807, 2.05) is 6.07 Å². The zero-order valence-electron chi connectivity index (χ0n) is 9.62. The average Bonchev–Trinajstić information content (AvgIpc) is 2.23. The van der Waals surface area contributed by atoms with E-state index in [0.717, 1.165) is 22.5 Å². The Kier molecular flexibility index (Phi) is 3.87. The van der Waals surface area contributed by atoms with Crippen LogP contribution in [-0.4, -0.2) is 18.7 Å². The number of nitrogens with zero attached hydrogens (tertiary/aromatic N) is 1. The van der Waals surface area contributed by atoms with Crippen molar-refractivity contribution in [3.63, 3.8) is 0 Å². The largest absolute Gasteiger partial charge is 0.392 e. The molecule has 0 heterocycles. The van der Waals surface area contributed by atoms with Crippen LogP contribution in [-0.2, 0) is 6.61 Å². The summed E-state index contributed by atoms with van der Waals surface area (Å²) in [7, 11) is 2.14. The van der Waals surface area contributed by atoms with Gasteiger partial charge in [0.05, 0.1) is 6.61 Å². The minimum atomic E-state index is 0.0905. The summed E-state index contributed by atoms with van der Waals surface area (Å²) in [6, 6.07) is 6.15. The highest BCUT2D eigenvalue weighted by Gasteiger charge is 2.19.